The largest absolute Gasteiger partial charge is 0.296 e. The van der Waals surface area contributed by atoms with Crippen LogP contribution in [0.3, 0.4) is 0 Å². The maximum atomic E-state index is 12.4. The molecule has 0 amide bonds. The van der Waals surface area contributed by atoms with Crippen molar-refractivity contribution in [1.82, 2.24) is 4.98 Å². The van der Waals surface area contributed by atoms with E-state index in [1.54, 1.807) is 29.5 Å². The predicted octanol–water partition coefficient (Wildman–Crippen LogP) is 2.74. The van der Waals surface area contributed by atoms with Crippen LogP contribution in [0.15, 0.2) is 6.07 Å². The van der Waals surface area contributed by atoms with E-state index in [4.69, 9.17) is 0 Å². The topological polar surface area (TPSA) is 30.0 Å². The van der Waals surface area contributed by atoms with Crippen molar-refractivity contribution in [2.75, 3.05) is 0 Å². The van der Waals surface area contributed by atoms with Crippen LogP contribution >= 0.6 is 22.6 Å². The van der Waals surface area contributed by atoms with Gasteiger partial charge in [-0.05, 0) is 35.6 Å². The summed E-state index contributed by atoms with van der Waals surface area (Å²) in [5.74, 6) is 0. The fraction of sp³-hybridized carbons (Fsp3) is 0.250. The van der Waals surface area contributed by atoms with Crippen LogP contribution in [0.2, 0.25) is 0 Å². The monoisotopic (exact) mass is 297 g/mol. The van der Waals surface area contributed by atoms with Gasteiger partial charge in [0, 0.05) is 9.13 Å². The third kappa shape index (κ3) is 2.20. The van der Waals surface area contributed by atoms with Crippen molar-refractivity contribution in [1.29, 1.82) is 0 Å². The van der Waals surface area contributed by atoms with Crippen LogP contribution in [-0.4, -0.2) is 11.3 Å². The van der Waals surface area contributed by atoms with Gasteiger partial charge in [-0.25, -0.2) is 13.8 Å². The third-order valence-corrected chi connectivity index (χ3v) is 2.93. The molecule has 1 heterocycles. The van der Waals surface area contributed by atoms with E-state index in [-0.39, 0.29) is 11.3 Å². The molecule has 1 aromatic rings. The zero-order valence-corrected chi connectivity index (χ0v) is 8.88. The van der Waals surface area contributed by atoms with Gasteiger partial charge in [0.25, 0.3) is 6.43 Å². The van der Waals surface area contributed by atoms with Gasteiger partial charge in [-0.3, -0.25) is 4.79 Å². The summed E-state index contributed by atoms with van der Waals surface area (Å²) in [6.07, 6.45) is -2.10. The number of hydrogen-bond donors (Lipinski definition) is 0. The zero-order valence-electron chi connectivity index (χ0n) is 6.72. The molecule has 0 unspecified atom stereocenters. The van der Waals surface area contributed by atoms with Crippen LogP contribution in [0.5, 0.6) is 0 Å². The molecule has 0 bridgehead atoms. The highest BCUT2D eigenvalue weighted by molar-refractivity contribution is 14.1. The Morgan fingerprint density at radius 3 is 2.69 bits per heavy atom. The maximum absolute atomic E-state index is 12.4. The molecule has 0 atom stereocenters. The van der Waals surface area contributed by atoms with Gasteiger partial charge in [0.2, 0.25) is 0 Å². The smallest absolute Gasteiger partial charge is 0.265 e. The third-order valence-electron chi connectivity index (χ3n) is 1.53. The lowest BCUT2D eigenvalue weighted by Gasteiger charge is -2.06. The molecular formula is C8H6F2INO. The number of halogens is 3. The number of alkyl halides is 2. The van der Waals surface area contributed by atoms with Gasteiger partial charge in [-0.1, -0.05) is 0 Å². The minimum Gasteiger partial charge on any atom is -0.296 e. The number of hydrogen-bond acceptors (Lipinski definition) is 2. The number of pyridine rings is 1. The van der Waals surface area contributed by atoms with Crippen molar-refractivity contribution in [2.45, 2.75) is 13.3 Å². The number of carbonyl (C=O) groups excluding carboxylic acids is 1. The molecule has 2 nitrogen and oxygen atoms in total. The molecule has 0 aromatic carbocycles. The van der Waals surface area contributed by atoms with E-state index in [0.717, 1.165) is 6.07 Å². The number of aldehydes is 1. The fourth-order valence-corrected chi connectivity index (χ4v) is 1.44. The lowest BCUT2D eigenvalue weighted by atomic mass is 10.2. The highest BCUT2D eigenvalue weighted by Gasteiger charge is 2.15. The lowest BCUT2D eigenvalue weighted by molar-refractivity contribution is 0.111. The second kappa shape index (κ2) is 4.08. The first-order valence-corrected chi connectivity index (χ1v) is 4.54. The number of aryl methyl sites for hydroxylation is 1. The Hall–Kier alpha value is -0.590. The van der Waals surface area contributed by atoms with Crippen molar-refractivity contribution in [3.8, 4) is 0 Å². The first kappa shape index (κ1) is 10.5. The molecule has 0 aliphatic carbocycles. The summed E-state index contributed by atoms with van der Waals surface area (Å²) < 4.78 is 25.2. The van der Waals surface area contributed by atoms with E-state index in [2.05, 4.69) is 4.98 Å². The van der Waals surface area contributed by atoms with Crippen molar-refractivity contribution >= 4 is 28.9 Å². The Morgan fingerprint density at radius 2 is 2.23 bits per heavy atom. The number of carbonyl (C=O) groups is 1. The molecule has 70 valence electrons. The Labute approximate surface area is 87.5 Å². The van der Waals surface area contributed by atoms with Crippen LogP contribution in [0.1, 0.15) is 28.2 Å². The van der Waals surface area contributed by atoms with Crippen LogP contribution < -0.4 is 0 Å². The standard InChI is InChI=1S/C8H6F2INO/c1-4-7(11)6(8(9)10)2-5(3-13)12-4/h2-3,8H,1H3. The quantitative estimate of drug-likeness (QED) is 0.620. The van der Waals surface area contributed by atoms with Crippen molar-refractivity contribution in [3.63, 3.8) is 0 Å². The van der Waals surface area contributed by atoms with E-state index in [9.17, 15) is 13.6 Å². The van der Waals surface area contributed by atoms with Crippen LogP contribution in [0.4, 0.5) is 8.78 Å². The van der Waals surface area contributed by atoms with Gasteiger partial charge in [0.15, 0.2) is 6.29 Å². The van der Waals surface area contributed by atoms with Crippen LogP contribution in [-0.2, 0) is 0 Å². The minimum absolute atomic E-state index is 0.0493. The molecule has 1 rings (SSSR count). The van der Waals surface area contributed by atoms with E-state index in [0.29, 0.717) is 15.6 Å². The highest BCUT2D eigenvalue weighted by atomic mass is 127. The van der Waals surface area contributed by atoms with Crippen LogP contribution in [0, 0.1) is 10.5 Å². The second-order valence-corrected chi connectivity index (χ2v) is 3.53. The molecule has 13 heavy (non-hydrogen) atoms. The molecule has 0 N–H and O–H groups in total. The van der Waals surface area contributed by atoms with E-state index < -0.39 is 6.43 Å². The molecule has 0 aliphatic rings. The molecular weight excluding hydrogens is 291 g/mol. The Balaban J connectivity index is 3.32. The maximum Gasteiger partial charge on any atom is 0.265 e. The number of aromatic nitrogens is 1. The summed E-state index contributed by atoms with van der Waals surface area (Å²) in [6, 6.07) is 1.12. The van der Waals surface area contributed by atoms with Gasteiger partial charge < -0.3 is 0 Å². The summed E-state index contributed by atoms with van der Waals surface area (Å²) in [5.41, 5.74) is 0.379. The molecule has 5 heteroatoms. The number of rotatable bonds is 2. The van der Waals surface area contributed by atoms with Crippen molar-refractivity contribution < 1.29 is 13.6 Å². The Kier molecular flexibility index (Phi) is 3.29. The highest BCUT2D eigenvalue weighted by Crippen LogP contribution is 2.26. The van der Waals surface area contributed by atoms with Gasteiger partial charge in [0.05, 0.1) is 5.69 Å². The molecule has 0 spiro atoms. The van der Waals surface area contributed by atoms with Gasteiger partial charge in [0.1, 0.15) is 5.69 Å². The SMILES string of the molecule is Cc1nc(C=O)cc(C(F)F)c1I. The predicted molar refractivity (Wildman–Crippen MR) is 52.0 cm³/mol. The van der Waals surface area contributed by atoms with Gasteiger partial charge in [-0.2, -0.15) is 0 Å². The molecule has 0 saturated carbocycles. The molecule has 0 saturated heterocycles. The summed E-state index contributed by atoms with van der Waals surface area (Å²) in [5, 5.41) is 0. The molecule has 0 fully saturated rings. The average molecular weight is 297 g/mol. The fourth-order valence-electron chi connectivity index (χ4n) is 0.926. The minimum atomic E-state index is -2.56. The first-order chi connectivity index (χ1) is 6.06. The first-order valence-electron chi connectivity index (χ1n) is 3.46. The summed E-state index contributed by atoms with van der Waals surface area (Å²) in [4.78, 5) is 14.2. The Morgan fingerprint density at radius 1 is 1.62 bits per heavy atom. The second-order valence-electron chi connectivity index (χ2n) is 2.45. The lowest BCUT2D eigenvalue weighted by Crippen LogP contribution is -1.99. The van der Waals surface area contributed by atoms with Crippen LogP contribution in [0.25, 0.3) is 0 Å². The molecule has 0 aliphatic heterocycles. The van der Waals surface area contributed by atoms with Gasteiger partial charge in [-0.15, -0.1) is 0 Å². The Bertz CT molecular complexity index is 341. The van der Waals surface area contributed by atoms with Gasteiger partial charge >= 0.3 is 0 Å². The van der Waals surface area contributed by atoms with E-state index in [1.165, 1.54) is 0 Å². The summed E-state index contributed by atoms with van der Waals surface area (Å²) >= 11 is 1.79. The normalized spacial score (nSPS) is 10.5. The van der Waals surface area contributed by atoms with E-state index >= 15 is 0 Å². The van der Waals surface area contributed by atoms with E-state index in [1.807, 2.05) is 0 Å². The zero-order chi connectivity index (χ0) is 10.0. The summed E-state index contributed by atoms with van der Waals surface area (Å²) in [6.45, 7) is 1.60. The summed E-state index contributed by atoms with van der Waals surface area (Å²) in [7, 11) is 0. The number of nitrogens with zero attached hydrogens (tertiary/aromatic N) is 1. The average Bonchev–Trinajstić information content (AvgIpc) is 2.09. The van der Waals surface area contributed by atoms with Crippen molar-refractivity contribution in [3.05, 3.63) is 26.6 Å². The molecule has 1 aromatic heterocycles. The van der Waals surface area contributed by atoms with Crippen molar-refractivity contribution in [2.24, 2.45) is 0 Å². The molecule has 0 radical (unpaired) electrons.